The van der Waals surface area contributed by atoms with Crippen LogP contribution in [0.1, 0.15) is 17.5 Å². The average molecular weight is 333 g/mol. The number of carbonyl (C=O) groups excluding carboxylic acids is 1. The number of Topliss-reactive ketones (excluding diaryl/α,β-unsaturated/α-hetero) is 1. The molecule has 0 aromatic heterocycles. The van der Waals surface area contributed by atoms with Gasteiger partial charge in [-0.2, -0.15) is 0 Å². The molecule has 2 aromatic carbocycles. The second-order valence-electron chi connectivity index (χ2n) is 5.61. The fourth-order valence-electron chi connectivity index (χ4n) is 2.54. The lowest BCUT2D eigenvalue weighted by molar-refractivity contribution is -0.119. The van der Waals surface area contributed by atoms with E-state index in [0.29, 0.717) is 24.3 Å². The minimum atomic E-state index is -0.0848. The van der Waals surface area contributed by atoms with Gasteiger partial charge in [0.15, 0.2) is 0 Å². The second-order valence-corrected chi connectivity index (χ2v) is 6.02. The van der Waals surface area contributed by atoms with Gasteiger partial charge in [-0.15, -0.1) is 0 Å². The Morgan fingerprint density at radius 3 is 2.48 bits per heavy atom. The second kappa shape index (κ2) is 8.70. The third-order valence-electron chi connectivity index (χ3n) is 3.80. The van der Waals surface area contributed by atoms with Crippen molar-refractivity contribution in [1.29, 1.82) is 0 Å². The number of ether oxygens (including phenoxy) is 1. The van der Waals surface area contributed by atoms with Crippen LogP contribution < -0.4 is 4.74 Å². The number of halogens is 1. The fourth-order valence-corrected chi connectivity index (χ4v) is 2.75. The van der Waals surface area contributed by atoms with Crippen LogP contribution >= 0.6 is 11.6 Å². The van der Waals surface area contributed by atoms with Gasteiger partial charge < -0.3 is 9.84 Å². The van der Waals surface area contributed by atoms with E-state index < -0.39 is 0 Å². The predicted molar refractivity (Wildman–Crippen MR) is 92.1 cm³/mol. The molecular weight excluding hydrogens is 312 g/mol. The maximum absolute atomic E-state index is 12.2. The summed E-state index contributed by atoms with van der Waals surface area (Å²) in [4.78, 5) is 12.2. The van der Waals surface area contributed by atoms with E-state index in [-0.39, 0.29) is 18.3 Å². The van der Waals surface area contributed by atoms with Gasteiger partial charge in [0, 0.05) is 24.5 Å². The molecule has 0 saturated heterocycles. The topological polar surface area (TPSA) is 46.5 Å². The first-order valence-corrected chi connectivity index (χ1v) is 7.99. The summed E-state index contributed by atoms with van der Waals surface area (Å²) in [6, 6.07) is 15.0. The normalized spacial score (nSPS) is 12.0. The van der Waals surface area contributed by atoms with Crippen LogP contribution in [0.2, 0.25) is 5.02 Å². The van der Waals surface area contributed by atoms with E-state index in [4.69, 9.17) is 16.3 Å². The van der Waals surface area contributed by atoms with Crippen LogP contribution in [0.25, 0.3) is 0 Å². The van der Waals surface area contributed by atoms with Crippen molar-refractivity contribution in [2.45, 2.75) is 19.3 Å². The van der Waals surface area contributed by atoms with Crippen LogP contribution in [0.5, 0.6) is 5.75 Å². The zero-order valence-corrected chi connectivity index (χ0v) is 13.9. The quantitative estimate of drug-likeness (QED) is 0.801. The van der Waals surface area contributed by atoms with E-state index in [9.17, 15) is 9.90 Å². The van der Waals surface area contributed by atoms with E-state index in [1.54, 1.807) is 13.2 Å². The minimum absolute atomic E-state index is 0.0136. The van der Waals surface area contributed by atoms with Crippen molar-refractivity contribution in [1.82, 2.24) is 0 Å². The van der Waals surface area contributed by atoms with Crippen molar-refractivity contribution >= 4 is 17.4 Å². The lowest BCUT2D eigenvalue weighted by Crippen LogP contribution is -2.16. The molecule has 0 heterocycles. The van der Waals surface area contributed by atoms with E-state index in [1.165, 1.54) is 0 Å². The lowest BCUT2D eigenvalue weighted by atomic mass is 9.93. The molecule has 0 bridgehead atoms. The Balaban J connectivity index is 1.93. The van der Waals surface area contributed by atoms with E-state index >= 15 is 0 Å². The number of methoxy groups -OCH3 is 1. The first kappa shape index (κ1) is 17.5. The van der Waals surface area contributed by atoms with Gasteiger partial charge in [0.1, 0.15) is 11.5 Å². The highest BCUT2D eigenvalue weighted by Crippen LogP contribution is 2.20. The van der Waals surface area contributed by atoms with Gasteiger partial charge in [0.25, 0.3) is 0 Å². The molecule has 2 rings (SSSR count). The fraction of sp³-hybridized carbons (Fsp3) is 0.316. The lowest BCUT2D eigenvalue weighted by Gasteiger charge is -2.14. The van der Waals surface area contributed by atoms with Crippen molar-refractivity contribution in [3.05, 3.63) is 64.7 Å². The molecule has 0 aliphatic carbocycles. The number of aliphatic hydroxyl groups excluding tert-OH is 1. The number of hydrogen-bond acceptors (Lipinski definition) is 3. The number of rotatable bonds is 8. The summed E-state index contributed by atoms with van der Waals surface area (Å²) in [5.41, 5.74) is 1.91. The van der Waals surface area contributed by atoms with Gasteiger partial charge in [-0.1, -0.05) is 41.9 Å². The van der Waals surface area contributed by atoms with Gasteiger partial charge >= 0.3 is 0 Å². The third kappa shape index (κ3) is 5.38. The summed E-state index contributed by atoms with van der Waals surface area (Å²) in [6.07, 6.45) is 1.31. The number of carbonyl (C=O) groups is 1. The molecule has 2 aromatic rings. The Labute approximate surface area is 141 Å². The van der Waals surface area contributed by atoms with Crippen LogP contribution in [0.15, 0.2) is 48.5 Å². The highest BCUT2D eigenvalue weighted by molar-refractivity contribution is 6.31. The largest absolute Gasteiger partial charge is 0.497 e. The summed E-state index contributed by atoms with van der Waals surface area (Å²) in [5, 5.41) is 10.2. The molecule has 0 spiro atoms. The maximum Gasteiger partial charge on any atom is 0.137 e. The molecule has 0 amide bonds. The molecule has 1 unspecified atom stereocenters. The molecule has 4 heteroatoms. The van der Waals surface area contributed by atoms with E-state index in [1.807, 2.05) is 42.5 Å². The van der Waals surface area contributed by atoms with Gasteiger partial charge in [-0.3, -0.25) is 4.79 Å². The van der Waals surface area contributed by atoms with Gasteiger partial charge in [-0.05, 0) is 41.7 Å². The van der Waals surface area contributed by atoms with Crippen LogP contribution in [-0.4, -0.2) is 24.6 Å². The Hall–Kier alpha value is -1.84. The highest BCUT2D eigenvalue weighted by atomic mass is 35.5. The zero-order chi connectivity index (χ0) is 16.7. The summed E-state index contributed by atoms with van der Waals surface area (Å²) in [5.74, 6) is 0.799. The zero-order valence-electron chi connectivity index (χ0n) is 13.2. The Morgan fingerprint density at radius 2 is 1.87 bits per heavy atom. The summed E-state index contributed by atoms with van der Waals surface area (Å²) in [7, 11) is 1.62. The molecule has 23 heavy (non-hydrogen) atoms. The molecule has 0 aliphatic rings. The Kier molecular flexibility index (Phi) is 6.63. The van der Waals surface area contributed by atoms with Crippen molar-refractivity contribution in [2.24, 2.45) is 5.92 Å². The van der Waals surface area contributed by atoms with Crippen molar-refractivity contribution < 1.29 is 14.6 Å². The molecule has 1 atom stereocenters. The molecule has 0 fully saturated rings. The number of aliphatic hydroxyl groups is 1. The number of benzene rings is 2. The van der Waals surface area contributed by atoms with E-state index in [2.05, 4.69) is 0 Å². The van der Waals surface area contributed by atoms with Crippen LogP contribution in [0.4, 0.5) is 0 Å². The molecule has 0 aliphatic heterocycles. The summed E-state index contributed by atoms with van der Waals surface area (Å²) in [6.45, 7) is -0.0136. The molecule has 0 radical (unpaired) electrons. The number of hydrogen-bond donors (Lipinski definition) is 1. The summed E-state index contributed by atoms with van der Waals surface area (Å²) < 4.78 is 5.13. The maximum atomic E-state index is 12.2. The van der Waals surface area contributed by atoms with Crippen LogP contribution in [0, 0.1) is 5.92 Å². The smallest absolute Gasteiger partial charge is 0.137 e. The number of ketones is 1. The third-order valence-corrected chi connectivity index (χ3v) is 4.17. The van der Waals surface area contributed by atoms with Crippen molar-refractivity contribution in [3.8, 4) is 5.75 Å². The van der Waals surface area contributed by atoms with Crippen molar-refractivity contribution in [3.63, 3.8) is 0 Å². The Morgan fingerprint density at radius 1 is 1.17 bits per heavy atom. The molecular formula is C19H21ClO3. The average Bonchev–Trinajstić information content (AvgIpc) is 2.57. The highest BCUT2D eigenvalue weighted by Gasteiger charge is 2.15. The predicted octanol–water partition coefficient (Wildman–Crippen LogP) is 3.70. The van der Waals surface area contributed by atoms with Crippen LogP contribution in [-0.2, 0) is 17.6 Å². The molecule has 3 nitrogen and oxygen atoms in total. The SMILES string of the molecule is COc1ccc(CC(CO)CC(=O)Cc2ccccc2Cl)cc1. The first-order chi connectivity index (χ1) is 11.1. The first-order valence-electron chi connectivity index (χ1n) is 7.61. The minimum Gasteiger partial charge on any atom is -0.497 e. The van der Waals surface area contributed by atoms with Crippen LogP contribution in [0.3, 0.4) is 0 Å². The monoisotopic (exact) mass is 332 g/mol. The molecule has 0 saturated carbocycles. The molecule has 122 valence electrons. The Bertz CT molecular complexity index is 637. The summed E-state index contributed by atoms with van der Waals surface area (Å²) >= 11 is 6.08. The van der Waals surface area contributed by atoms with Crippen molar-refractivity contribution in [2.75, 3.05) is 13.7 Å². The van der Waals surface area contributed by atoms with E-state index in [0.717, 1.165) is 16.9 Å². The van der Waals surface area contributed by atoms with Gasteiger partial charge in [0.05, 0.1) is 7.11 Å². The standard InChI is InChI=1S/C19H21ClO3/c1-23-18-8-6-14(7-9-18)10-15(13-21)11-17(22)12-16-4-2-3-5-19(16)20/h2-9,15,21H,10-13H2,1H3. The van der Waals surface area contributed by atoms with Gasteiger partial charge in [0.2, 0.25) is 0 Å². The molecule has 1 N–H and O–H groups in total. The van der Waals surface area contributed by atoms with Gasteiger partial charge in [-0.25, -0.2) is 0 Å².